The minimum absolute atomic E-state index is 0.0670. The smallest absolute Gasteiger partial charge is 0.276 e. The maximum Gasteiger partial charge on any atom is 0.276 e. The largest absolute Gasteiger partial charge is 0.488 e. The van der Waals surface area contributed by atoms with Gasteiger partial charge in [-0.25, -0.2) is 4.68 Å². The highest BCUT2D eigenvalue weighted by Gasteiger charge is 2.14. The second kappa shape index (κ2) is 6.76. The Morgan fingerprint density at radius 1 is 1.12 bits per heavy atom. The van der Waals surface area contributed by atoms with Crippen LogP contribution in [0.5, 0.6) is 5.75 Å². The summed E-state index contributed by atoms with van der Waals surface area (Å²) in [5.41, 5.74) is 4.63. The molecule has 0 unspecified atom stereocenters. The molecule has 0 amide bonds. The Morgan fingerprint density at radius 2 is 1.84 bits per heavy atom. The highest BCUT2D eigenvalue weighted by molar-refractivity contribution is 5.48. The lowest BCUT2D eigenvalue weighted by Crippen LogP contribution is -2.01. The van der Waals surface area contributed by atoms with Gasteiger partial charge in [0.05, 0.1) is 21.9 Å². The predicted molar refractivity (Wildman–Crippen MR) is 95.2 cm³/mol. The summed E-state index contributed by atoms with van der Waals surface area (Å²) >= 11 is 0. The Bertz CT molecular complexity index is 914. The van der Waals surface area contributed by atoms with Crippen LogP contribution < -0.4 is 4.74 Å². The first-order valence-corrected chi connectivity index (χ1v) is 7.95. The molecule has 1 heterocycles. The molecule has 0 spiro atoms. The van der Waals surface area contributed by atoms with Crippen LogP contribution in [0.3, 0.4) is 0 Å². The predicted octanol–water partition coefficient (Wildman–Crippen LogP) is 4.28. The minimum Gasteiger partial charge on any atom is -0.488 e. The number of ether oxygens (including phenoxy) is 1. The number of nitrogens with zero attached hydrogens (tertiary/aromatic N) is 3. The van der Waals surface area contributed by atoms with Gasteiger partial charge in [0.25, 0.3) is 5.69 Å². The van der Waals surface area contributed by atoms with Crippen molar-refractivity contribution in [1.29, 1.82) is 0 Å². The van der Waals surface area contributed by atoms with Crippen LogP contribution >= 0.6 is 0 Å². The average molecular weight is 337 g/mol. The summed E-state index contributed by atoms with van der Waals surface area (Å²) in [5, 5.41) is 15.5. The average Bonchev–Trinajstić information content (AvgIpc) is 2.92. The van der Waals surface area contributed by atoms with Gasteiger partial charge >= 0.3 is 0 Å². The summed E-state index contributed by atoms with van der Waals surface area (Å²) in [6.07, 6.45) is 0. The molecule has 6 heteroatoms. The summed E-state index contributed by atoms with van der Waals surface area (Å²) in [7, 11) is 0. The van der Waals surface area contributed by atoms with Gasteiger partial charge in [0.2, 0.25) is 0 Å². The number of aromatic nitrogens is 2. The van der Waals surface area contributed by atoms with Gasteiger partial charge in [0.15, 0.2) is 0 Å². The molecule has 128 valence electrons. The standard InChI is InChI=1S/C19H19N3O3/c1-13-11-14(2)21(20-13)17-9-7-16(8-10-17)12-25-19-6-4-5-18(15(19)3)22(23)24/h4-11H,12H2,1-3H3. The quantitative estimate of drug-likeness (QED) is 0.514. The normalized spacial score (nSPS) is 10.7. The summed E-state index contributed by atoms with van der Waals surface area (Å²) in [6, 6.07) is 14.8. The van der Waals surface area contributed by atoms with E-state index in [0.717, 1.165) is 22.6 Å². The fraction of sp³-hybridized carbons (Fsp3) is 0.211. The Balaban J connectivity index is 1.74. The summed E-state index contributed by atoms with van der Waals surface area (Å²) in [6.45, 7) is 6.02. The molecule has 0 saturated heterocycles. The van der Waals surface area contributed by atoms with E-state index in [0.29, 0.717) is 17.9 Å². The minimum atomic E-state index is -0.397. The molecule has 0 saturated carbocycles. The van der Waals surface area contributed by atoms with Crippen molar-refractivity contribution in [2.75, 3.05) is 0 Å². The zero-order valence-electron chi connectivity index (χ0n) is 14.4. The maximum absolute atomic E-state index is 11.0. The van der Waals surface area contributed by atoms with Crippen LogP contribution in [-0.2, 0) is 6.61 Å². The first kappa shape index (κ1) is 16.7. The topological polar surface area (TPSA) is 70.2 Å². The third-order valence-corrected chi connectivity index (χ3v) is 4.04. The van der Waals surface area contributed by atoms with Crippen LogP contribution in [0.1, 0.15) is 22.5 Å². The Kier molecular flexibility index (Phi) is 4.52. The maximum atomic E-state index is 11.0. The molecule has 0 bridgehead atoms. The van der Waals surface area contributed by atoms with E-state index in [-0.39, 0.29) is 5.69 Å². The summed E-state index contributed by atoms with van der Waals surface area (Å²) in [5.74, 6) is 0.525. The molecule has 3 aromatic rings. The second-order valence-electron chi connectivity index (χ2n) is 5.95. The van der Waals surface area contributed by atoms with Gasteiger partial charge in [-0.1, -0.05) is 18.2 Å². The number of hydrogen-bond acceptors (Lipinski definition) is 4. The molecule has 0 aliphatic carbocycles. The van der Waals surface area contributed by atoms with Gasteiger partial charge in [-0.2, -0.15) is 5.10 Å². The van der Waals surface area contributed by atoms with Crippen LogP contribution in [0.25, 0.3) is 5.69 Å². The summed E-state index contributed by atoms with van der Waals surface area (Å²) in [4.78, 5) is 10.6. The van der Waals surface area contributed by atoms with Crippen LogP contribution in [0.15, 0.2) is 48.5 Å². The molecule has 6 nitrogen and oxygen atoms in total. The molecule has 0 radical (unpaired) electrons. The van der Waals surface area contributed by atoms with E-state index in [9.17, 15) is 10.1 Å². The fourth-order valence-electron chi connectivity index (χ4n) is 2.74. The number of aryl methyl sites for hydroxylation is 2. The Hall–Kier alpha value is -3.15. The zero-order chi connectivity index (χ0) is 18.0. The van der Waals surface area contributed by atoms with Gasteiger partial charge in [0, 0.05) is 11.8 Å². The molecule has 2 aromatic carbocycles. The van der Waals surface area contributed by atoms with Crippen molar-refractivity contribution in [2.24, 2.45) is 0 Å². The van der Waals surface area contributed by atoms with Crippen LogP contribution in [-0.4, -0.2) is 14.7 Å². The molecule has 0 atom stereocenters. The molecule has 0 N–H and O–H groups in total. The van der Waals surface area contributed by atoms with Gasteiger partial charge in [0.1, 0.15) is 12.4 Å². The van der Waals surface area contributed by atoms with E-state index in [4.69, 9.17) is 4.74 Å². The van der Waals surface area contributed by atoms with Crippen molar-refractivity contribution in [3.05, 3.63) is 81.2 Å². The second-order valence-corrected chi connectivity index (χ2v) is 5.95. The Morgan fingerprint density at radius 3 is 2.44 bits per heavy atom. The molecule has 0 aliphatic rings. The number of rotatable bonds is 5. The van der Waals surface area contributed by atoms with Crippen molar-refractivity contribution >= 4 is 5.69 Å². The molecule has 0 aliphatic heterocycles. The van der Waals surface area contributed by atoms with Crippen molar-refractivity contribution < 1.29 is 9.66 Å². The lowest BCUT2D eigenvalue weighted by atomic mass is 10.2. The van der Waals surface area contributed by atoms with Crippen LogP contribution in [0.4, 0.5) is 5.69 Å². The molecule has 3 rings (SSSR count). The molecule has 0 fully saturated rings. The van der Waals surface area contributed by atoms with E-state index in [1.54, 1.807) is 19.1 Å². The lowest BCUT2D eigenvalue weighted by Gasteiger charge is -2.10. The number of nitro groups is 1. The molecular formula is C19H19N3O3. The van der Waals surface area contributed by atoms with Crippen molar-refractivity contribution in [2.45, 2.75) is 27.4 Å². The molecular weight excluding hydrogens is 318 g/mol. The van der Waals surface area contributed by atoms with Gasteiger partial charge in [-0.15, -0.1) is 0 Å². The number of hydrogen-bond donors (Lipinski definition) is 0. The van der Waals surface area contributed by atoms with Gasteiger partial charge in [-0.05, 0) is 50.6 Å². The van der Waals surface area contributed by atoms with Crippen LogP contribution in [0.2, 0.25) is 0 Å². The number of nitro benzene ring substituents is 1. The lowest BCUT2D eigenvalue weighted by molar-refractivity contribution is -0.385. The number of benzene rings is 2. The third-order valence-electron chi connectivity index (χ3n) is 4.04. The fourth-order valence-corrected chi connectivity index (χ4v) is 2.74. The first-order chi connectivity index (χ1) is 12.0. The molecule has 1 aromatic heterocycles. The van der Waals surface area contributed by atoms with Crippen molar-refractivity contribution in [3.63, 3.8) is 0 Å². The van der Waals surface area contributed by atoms with Gasteiger partial charge in [-0.3, -0.25) is 10.1 Å². The van der Waals surface area contributed by atoms with Crippen LogP contribution in [0, 0.1) is 30.9 Å². The highest BCUT2D eigenvalue weighted by Crippen LogP contribution is 2.27. The highest BCUT2D eigenvalue weighted by atomic mass is 16.6. The van der Waals surface area contributed by atoms with E-state index >= 15 is 0 Å². The summed E-state index contributed by atoms with van der Waals surface area (Å²) < 4.78 is 7.65. The zero-order valence-corrected chi connectivity index (χ0v) is 14.4. The van der Waals surface area contributed by atoms with Gasteiger partial charge < -0.3 is 4.74 Å². The SMILES string of the molecule is Cc1cc(C)n(-c2ccc(COc3cccc([N+](=O)[O-])c3C)cc2)n1. The van der Waals surface area contributed by atoms with E-state index in [1.807, 2.05) is 48.9 Å². The van der Waals surface area contributed by atoms with E-state index in [1.165, 1.54) is 6.07 Å². The van der Waals surface area contributed by atoms with E-state index in [2.05, 4.69) is 5.10 Å². The Labute approximate surface area is 145 Å². The first-order valence-electron chi connectivity index (χ1n) is 7.95. The van der Waals surface area contributed by atoms with Crippen molar-refractivity contribution in [1.82, 2.24) is 9.78 Å². The molecule has 25 heavy (non-hydrogen) atoms. The third kappa shape index (κ3) is 3.52. The van der Waals surface area contributed by atoms with Crippen molar-refractivity contribution in [3.8, 4) is 11.4 Å². The van der Waals surface area contributed by atoms with E-state index < -0.39 is 4.92 Å². The monoisotopic (exact) mass is 337 g/mol.